The van der Waals surface area contributed by atoms with Crippen molar-refractivity contribution in [2.24, 2.45) is 11.8 Å². The predicted molar refractivity (Wildman–Crippen MR) is 98.7 cm³/mol. The number of piperidine rings is 2. The number of likely N-dealkylation sites (tertiary alicyclic amines) is 2. The molecule has 2 saturated heterocycles. The van der Waals surface area contributed by atoms with Crippen LogP contribution in [0.2, 0.25) is 0 Å². The third-order valence-electron chi connectivity index (χ3n) is 6.34. The molecule has 0 spiro atoms. The number of nitrogens with zero attached hydrogens (tertiary/aromatic N) is 2. The van der Waals surface area contributed by atoms with Gasteiger partial charge in [-0.15, -0.1) is 0 Å². The highest BCUT2D eigenvalue weighted by atomic mass is 16.3. The minimum Gasteiger partial charge on any atom is -0.393 e. The van der Waals surface area contributed by atoms with Crippen molar-refractivity contribution in [3.63, 3.8) is 0 Å². The fourth-order valence-electron chi connectivity index (χ4n) is 4.11. The zero-order valence-electron chi connectivity index (χ0n) is 16.0. The van der Waals surface area contributed by atoms with E-state index in [9.17, 15) is 5.11 Å². The molecular formula is C20H40N2O. The van der Waals surface area contributed by atoms with E-state index in [2.05, 4.69) is 37.5 Å². The van der Waals surface area contributed by atoms with E-state index in [-0.39, 0.29) is 6.10 Å². The lowest BCUT2D eigenvalue weighted by molar-refractivity contribution is 0.0685. The molecule has 0 aromatic rings. The lowest BCUT2D eigenvalue weighted by Gasteiger charge is -2.42. The smallest absolute Gasteiger partial charge is 0.0564 e. The Kier molecular flexibility index (Phi) is 7.84. The summed E-state index contributed by atoms with van der Waals surface area (Å²) < 4.78 is 0. The van der Waals surface area contributed by atoms with Crippen LogP contribution in [0.5, 0.6) is 0 Å². The SMILES string of the molecule is CC(C)C1CCN(C2CCC2)CC1.CC(C)N1CCC(O)CC1. The van der Waals surface area contributed by atoms with Crippen LogP contribution < -0.4 is 0 Å². The number of hydrogen-bond donors (Lipinski definition) is 1. The summed E-state index contributed by atoms with van der Waals surface area (Å²) >= 11 is 0. The van der Waals surface area contributed by atoms with Gasteiger partial charge in [-0.1, -0.05) is 20.3 Å². The van der Waals surface area contributed by atoms with Gasteiger partial charge in [0.05, 0.1) is 6.10 Å². The second-order valence-electron chi connectivity index (χ2n) is 8.56. The molecule has 3 aliphatic rings. The first kappa shape index (κ1) is 19.2. The Labute approximate surface area is 144 Å². The molecule has 2 aliphatic heterocycles. The number of hydrogen-bond acceptors (Lipinski definition) is 3. The maximum atomic E-state index is 9.18. The van der Waals surface area contributed by atoms with Crippen molar-refractivity contribution in [3.05, 3.63) is 0 Å². The van der Waals surface area contributed by atoms with Gasteiger partial charge in [0, 0.05) is 25.2 Å². The van der Waals surface area contributed by atoms with E-state index in [0.29, 0.717) is 6.04 Å². The minimum atomic E-state index is -0.0324. The Morgan fingerprint density at radius 1 is 0.783 bits per heavy atom. The Balaban J connectivity index is 0.000000174. The first-order valence-corrected chi connectivity index (χ1v) is 10.1. The molecule has 2 heterocycles. The van der Waals surface area contributed by atoms with Crippen LogP contribution in [0.1, 0.15) is 72.6 Å². The van der Waals surface area contributed by atoms with E-state index in [1.165, 1.54) is 45.2 Å². The van der Waals surface area contributed by atoms with Crippen molar-refractivity contribution in [1.82, 2.24) is 9.80 Å². The molecule has 0 amide bonds. The molecule has 0 aromatic carbocycles. The summed E-state index contributed by atoms with van der Waals surface area (Å²) in [6, 6.07) is 1.63. The Bertz CT molecular complexity index is 312. The topological polar surface area (TPSA) is 26.7 Å². The van der Waals surface area contributed by atoms with Crippen LogP contribution in [0, 0.1) is 11.8 Å². The third-order valence-corrected chi connectivity index (χ3v) is 6.34. The summed E-state index contributed by atoms with van der Waals surface area (Å²) in [6.45, 7) is 14.1. The molecular weight excluding hydrogens is 284 g/mol. The summed E-state index contributed by atoms with van der Waals surface area (Å²) in [7, 11) is 0. The second-order valence-corrected chi connectivity index (χ2v) is 8.56. The summed E-state index contributed by atoms with van der Waals surface area (Å²) in [6.07, 6.45) is 9.22. The van der Waals surface area contributed by atoms with Crippen LogP contribution in [0.3, 0.4) is 0 Å². The molecule has 1 saturated carbocycles. The molecule has 1 aliphatic carbocycles. The molecule has 0 bridgehead atoms. The van der Waals surface area contributed by atoms with Crippen LogP contribution in [0.25, 0.3) is 0 Å². The van der Waals surface area contributed by atoms with Gasteiger partial charge in [0.2, 0.25) is 0 Å². The molecule has 0 atom stereocenters. The van der Waals surface area contributed by atoms with Crippen molar-refractivity contribution in [2.75, 3.05) is 26.2 Å². The number of aliphatic hydroxyl groups is 1. The van der Waals surface area contributed by atoms with Gasteiger partial charge in [-0.05, 0) is 77.3 Å². The summed E-state index contributed by atoms with van der Waals surface area (Å²) in [5.74, 6) is 1.92. The quantitative estimate of drug-likeness (QED) is 0.856. The van der Waals surface area contributed by atoms with Gasteiger partial charge in [0.25, 0.3) is 0 Å². The molecule has 136 valence electrons. The molecule has 3 rings (SSSR count). The van der Waals surface area contributed by atoms with Crippen LogP contribution in [-0.4, -0.2) is 59.3 Å². The van der Waals surface area contributed by atoms with E-state index >= 15 is 0 Å². The van der Waals surface area contributed by atoms with Gasteiger partial charge in [-0.2, -0.15) is 0 Å². The van der Waals surface area contributed by atoms with Crippen LogP contribution in [-0.2, 0) is 0 Å². The van der Waals surface area contributed by atoms with Gasteiger partial charge < -0.3 is 14.9 Å². The zero-order valence-corrected chi connectivity index (χ0v) is 16.0. The third kappa shape index (κ3) is 6.03. The lowest BCUT2D eigenvalue weighted by atomic mass is 9.84. The molecule has 0 aromatic heterocycles. The first-order chi connectivity index (χ1) is 11.0. The van der Waals surface area contributed by atoms with Gasteiger partial charge in [-0.3, -0.25) is 0 Å². The van der Waals surface area contributed by atoms with E-state index in [4.69, 9.17) is 0 Å². The zero-order chi connectivity index (χ0) is 16.8. The van der Waals surface area contributed by atoms with Crippen LogP contribution in [0.15, 0.2) is 0 Å². The van der Waals surface area contributed by atoms with E-state index < -0.39 is 0 Å². The molecule has 23 heavy (non-hydrogen) atoms. The standard InChI is InChI=1S/C12H23N.C8H17NO/c1-10(2)11-6-8-13(9-7-11)12-4-3-5-12;1-7(2)9-5-3-8(10)4-6-9/h10-12H,3-9H2,1-2H3;7-8,10H,3-6H2,1-2H3. The number of aliphatic hydroxyl groups excluding tert-OH is 1. The summed E-state index contributed by atoms with van der Waals surface area (Å²) in [5, 5.41) is 9.18. The van der Waals surface area contributed by atoms with Gasteiger partial charge >= 0.3 is 0 Å². The lowest BCUT2D eigenvalue weighted by Crippen LogP contribution is -2.45. The van der Waals surface area contributed by atoms with Crippen LogP contribution in [0.4, 0.5) is 0 Å². The van der Waals surface area contributed by atoms with Crippen molar-refractivity contribution in [1.29, 1.82) is 0 Å². The van der Waals surface area contributed by atoms with Gasteiger partial charge in [0.15, 0.2) is 0 Å². The fraction of sp³-hybridized carbons (Fsp3) is 1.00. The summed E-state index contributed by atoms with van der Waals surface area (Å²) in [5.41, 5.74) is 0. The largest absolute Gasteiger partial charge is 0.393 e. The maximum Gasteiger partial charge on any atom is 0.0564 e. The van der Waals surface area contributed by atoms with E-state index in [0.717, 1.165) is 43.8 Å². The Hall–Kier alpha value is -0.120. The van der Waals surface area contributed by atoms with Crippen molar-refractivity contribution in [2.45, 2.75) is 90.8 Å². The van der Waals surface area contributed by atoms with E-state index in [1.807, 2.05) is 0 Å². The predicted octanol–water partition coefficient (Wildman–Crippen LogP) is 3.76. The molecule has 3 heteroatoms. The van der Waals surface area contributed by atoms with Gasteiger partial charge in [0.1, 0.15) is 0 Å². The molecule has 0 radical (unpaired) electrons. The molecule has 0 unspecified atom stereocenters. The highest BCUT2D eigenvalue weighted by Gasteiger charge is 2.29. The maximum absolute atomic E-state index is 9.18. The Morgan fingerprint density at radius 2 is 1.35 bits per heavy atom. The van der Waals surface area contributed by atoms with E-state index in [1.54, 1.807) is 0 Å². The highest BCUT2D eigenvalue weighted by Crippen LogP contribution is 2.31. The van der Waals surface area contributed by atoms with Crippen molar-refractivity contribution >= 4 is 0 Å². The Morgan fingerprint density at radius 3 is 1.74 bits per heavy atom. The average molecular weight is 325 g/mol. The summed E-state index contributed by atoms with van der Waals surface area (Å²) in [4.78, 5) is 5.15. The number of rotatable bonds is 3. The fourth-order valence-corrected chi connectivity index (χ4v) is 4.11. The molecule has 3 fully saturated rings. The normalized spacial score (nSPS) is 26.2. The molecule has 1 N–H and O–H groups in total. The minimum absolute atomic E-state index is 0.0324. The molecule has 3 nitrogen and oxygen atoms in total. The highest BCUT2D eigenvalue weighted by molar-refractivity contribution is 4.84. The second kappa shape index (κ2) is 9.39. The van der Waals surface area contributed by atoms with Gasteiger partial charge in [-0.25, -0.2) is 0 Å². The first-order valence-electron chi connectivity index (χ1n) is 10.1. The monoisotopic (exact) mass is 324 g/mol. The van der Waals surface area contributed by atoms with Crippen molar-refractivity contribution < 1.29 is 5.11 Å². The van der Waals surface area contributed by atoms with Crippen LogP contribution >= 0.6 is 0 Å². The van der Waals surface area contributed by atoms with Crippen molar-refractivity contribution in [3.8, 4) is 0 Å². The average Bonchev–Trinajstić information content (AvgIpc) is 2.47.